The standard InChI is InChI=1S/C29H55NO3S/c1-6-7-8-9-10-11-12-13-14-15-16-17-18-19-20-21-22-32-27(31)25(34)23-26-29(4,5)30-28(2,3)24-33-26/h26,30H,6-24H2,1-5H3. The van der Waals surface area contributed by atoms with Crippen LogP contribution in [-0.2, 0) is 14.3 Å². The monoisotopic (exact) mass is 497 g/mol. The number of esters is 1. The van der Waals surface area contributed by atoms with Gasteiger partial charge in [0.1, 0.15) is 4.86 Å². The molecule has 0 spiro atoms. The van der Waals surface area contributed by atoms with E-state index in [9.17, 15) is 4.79 Å². The van der Waals surface area contributed by atoms with Crippen LogP contribution in [0, 0.1) is 0 Å². The van der Waals surface area contributed by atoms with Gasteiger partial charge >= 0.3 is 5.97 Å². The third-order valence-corrected chi connectivity index (χ3v) is 7.27. The molecule has 1 unspecified atom stereocenters. The minimum Gasteiger partial charge on any atom is -0.462 e. The number of hydrogen-bond acceptors (Lipinski definition) is 5. The lowest BCUT2D eigenvalue weighted by Crippen LogP contribution is -2.65. The number of morpholine rings is 1. The van der Waals surface area contributed by atoms with Crippen molar-refractivity contribution in [2.75, 3.05) is 13.2 Å². The number of nitrogens with one attached hydrogen (secondary N) is 1. The smallest absolute Gasteiger partial charge is 0.345 e. The van der Waals surface area contributed by atoms with Crippen molar-refractivity contribution >= 4 is 23.1 Å². The molecule has 0 aromatic carbocycles. The SMILES string of the molecule is CCCCCCCCCCCCCCCCCCOC(=O)C(=S)CC1OCC(C)(C)NC1(C)C. The maximum atomic E-state index is 12.3. The number of carbonyl (C=O) groups excluding carboxylic acids is 1. The molecule has 0 aliphatic carbocycles. The Kier molecular flexibility index (Phi) is 16.5. The molecular weight excluding hydrogens is 442 g/mol. The van der Waals surface area contributed by atoms with Gasteiger partial charge in [0.25, 0.3) is 0 Å². The third-order valence-electron chi connectivity index (χ3n) is 6.94. The van der Waals surface area contributed by atoms with Gasteiger partial charge in [-0.1, -0.05) is 115 Å². The second-order valence-corrected chi connectivity index (χ2v) is 12.1. The van der Waals surface area contributed by atoms with Crippen molar-refractivity contribution in [3.05, 3.63) is 0 Å². The Hall–Kier alpha value is -0.520. The van der Waals surface area contributed by atoms with Gasteiger partial charge in [-0.25, -0.2) is 4.79 Å². The number of carbonyl (C=O) groups is 1. The zero-order valence-corrected chi connectivity index (χ0v) is 24.0. The molecule has 200 valence electrons. The lowest BCUT2D eigenvalue weighted by Gasteiger charge is -2.47. The van der Waals surface area contributed by atoms with Crippen molar-refractivity contribution in [2.45, 2.75) is 161 Å². The first-order valence-corrected chi connectivity index (χ1v) is 14.7. The first-order valence-electron chi connectivity index (χ1n) is 14.3. The van der Waals surface area contributed by atoms with Crippen LogP contribution in [0.4, 0.5) is 0 Å². The van der Waals surface area contributed by atoms with Gasteiger partial charge in [0.05, 0.1) is 19.3 Å². The molecular formula is C29H55NO3S. The molecule has 0 saturated carbocycles. The number of ether oxygens (including phenoxy) is 2. The molecule has 1 aliphatic heterocycles. The van der Waals surface area contributed by atoms with Crippen LogP contribution < -0.4 is 5.32 Å². The molecule has 34 heavy (non-hydrogen) atoms. The van der Waals surface area contributed by atoms with Crippen LogP contribution in [0.3, 0.4) is 0 Å². The van der Waals surface area contributed by atoms with Crippen LogP contribution in [0.5, 0.6) is 0 Å². The van der Waals surface area contributed by atoms with Gasteiger partial charge in [0.2, 0.25) is 0 Å². The van der Waals surface area contributed by atoms with E-state index < -0.39 is 0 Å². The van der Waals surface area contributed by atoms with Gasteiger partial charge in [0.15, 0.2) is 0 Å². The summed E-state index contributed by atoms with van der Waals surface area (Å²) in [5, 5.41) is 3.59. The molecule has 5 heteroatoms. The summed E-state index contributed by atoms with van der Waals surface area (Å²) in [6.45, 7) is 11.8. The quantitative estimate of drug-likeness (QED) is 0.105. The highest BCUT2D eigenvalue weighted by molar-refractivity contribution is 7.82. The predicted octanol–water partition coefficient (Wildman–Crippen LogP) is 8.10. The van der Waals surface area contributed by atoms with E-state index in [0.29, 0.717) is 24.5 Å². The van der Waals surface area contributed by atoms with E-state index in [1.54, 1.807) is 0 Å². The molecule has 1 aliphatic rings. The van der Waals surface area contributed by atoms with Crippen LogP contribution in [-0.4, -0.2) is 41.2 Å². The predicted molar refractivity (Wildman–Crippen MR) is 149 cm³/mol. The first kappa shape index (κ1) is 31.5. The van der Waals surface area contributed by atoms with E-state index in [4.69, 9.17) is 21.7 Å². The molecule has 0 aromatic heterocycles. The highest BCUT2D eigenvalue weighted by Gasteiger charge is 2.41. The molecule has 1 rings (SSSR count). The molecule has 0 bridgehead atoms. The van der Waals surface area contributed by atoms with Gasteiger partial charge in [-0.2, -0.15) is 0 Å². The maximum Gasteiger partial charge on any atom is 0.345 e. The van der Waals surface area contributed by atoms with Crippen LogP contribution in [0.15, 0.2) is 0 Å². The summed E-state index contributed by atoms with van der Waals surface area (Å²) in [6.07, 6.45) is 21.7. The molecule has 0 radical (unpaired) electrons. The molecule has 0 amide bonds. The number of thiocarbonyl (C=S) groups is 1. The van der Waals surface area contributed by atoms with Crippen molar-refractivity contribution < 1.29 is 14.3 Å². The Morgan fingerprint density at radius 3 is 1.71 bits per heavy atom. The van der Waals surface area contributed by atoms with E-state index in [1.807, 2.05) is 0 Å². The minimum atomic E-state index is -0.347. The molecule has 4 nitrogen and oxygen atoms in total. The van der Waals surface area contributed by atoms with E-state index in [1.165, 1.54) is 89.9 Å². The summed E-state index contributed by atoms with van der Waals surface area (Å²) >= 11 is 5.35. The summed E-state index contributed by atoms with van der Waals surface area (Å²) in [6, 6.07) is 0. The minimum absolute atomic E-state index is 0.0740. The summed E-state index contributed by atoms with van der Waals surface area (Å²) < 4.78 is 11.4. The highest BCUT2D eigenvalue weighted by atomic mass is 32.1. The lowest BCUT2D eigenvalue weighted by atomic mass is 9.87. The summed E-state index contributed by atoms with van der Waals surface area (Å²) in [5.41, 5.74) is -0.310. The van der Waals surface area contributed by atoms with Crippen molar-refractivity contribution in [3.8, 4) is 0 Å². The van der Waals surface area contributed by atoms with Crippen LogP contribution in [0.25, 0.3) is 0 Å². The third kappa shape index (κ3) is 14.8. The zero-order valence-electron chi connectivity index (χ0n) is 23.1. The number of hydrogen-bond donors (Lipinski definition) is 1. The summed E-state index contributed by atoms with van der Waals surface area (Å²) in [7, 11) is 0. The number of unbranched alkanes of at least 4 members (excludes halogenated alkanes) is 15. The van der Waals surface area contributed by atoms with E-state index >= 15 is 0 Å². The maximum absolute atomic E-state index is 12.3. The van der Waals surface area contributed by atoms with Crippen molar-refractivity contribution in [1.82, 2.24) is 5.32 Å². The van der Waals surface area contributed by atoms with Crippen molar-refractivity contribution in [1.29, 1.82) is 0 Å². The summed E-state index contributed by atoms with van der Waals surface area (Å²) in [5.74, 6) is -0.347. The average molecular weight is 498 g/mol. The van der Waals surface area contributed by atoms with Gasteiger partial charge in [-0.3, -0.25) is 0 Å². The highest BCUT2D eigenvalue weighted by Crippen LogP contribution is 2.27. The van der Waals surface area contributed by atoms with Crippen molar-refractivity contribution in [2.24, 2.45) is 0 Å². The second kappa shape index (κ2) is 17.8. The average Bonchev–Trinajstić information content (AvgIpc) is 2.76. The van der Waals surface area contributed by atoms with Gasteiger partial charge in [-0.05, 0) is 34.1 Å². The Morgan fingerprint density at radius 1 is 0.824 bits per heavy atom. The topological polar surface area (TPSA) is 47.6 Å². The normalized spacial score (nSPS) is 19.1. The van der Waals surface area contributed by atoms with Gasteiger partial charge in [-0.15, -0.1) is 0 Å². The fourth-order valence-electron chi connectivity index (χ4n) is 4.97. The molecule has 1 atom stereocenters. The van der Waals surface area contributed by atoms with E-state index in [2.05, 4.69) is 39.9 Å². The molecule has 0 aromatic rings. The fraction of sp³-hybridized carbons (Fsp3) is 0.931. The van der Waals surface area contributed by atoms with E-state index in [0.717, 1.165) is 12.8 Å². The van der Waals surface area contributed by atoms with Crippen LogP contribution in [0.2, 0.25) is 0 Å². The fourth-order valence-corrected chi connectivity index (χ4v) is 5.18. The van der Waals surface area contributed by atoms with Crippen molar-refractivity contribution in [3.63, 3.8) is 0 Å². The summed E-state index contributed by atoms with van der Waals surface area (Å²) in [4.78, 5) is 12.6. The Bertz CT molecular complexity index is 562. The zero-order chi connectivity index (χ0) is 25.3. The number of rotatable bonds is 20. The van der Waals surface area contributed by atoms with Gasteiger partial charge in [0, 0.05) is 17.5 Å². The second-order valence-electron chi connectivity index (χ2n) is 11.6. The molecule has 1 heterocycles. The first-order chi connectivity index (χ1) is 16.2. The molecule has 1 fully saturated rings. The van der Waals surface area contributed by atoms with Crippen LogP contribution in [0.1, 0.15) is 144 Å². The van der Waals surface area contributed by atoms with Crippen LogP contribution >= 0.6 is 12.2 Å². The Balaban J connectivity index is 1.93. The molecule has 1 N–H and O–H groups in total. The van der Waals surface area contributed by atoms with Gasteiger partial charge < -0.3 is 14.8 Å². The van der Waals surface area contributed by atoms with E-state index in [-0.39, 0.29) is 23.2 Å². The Morgan fingerprint density at radius 2 is 1.26 bits per heavy atom. The Labute approximate surface area is 216 Å². The largest absolute Gasteiger partial charge is 0.462 e. The molecule has 1 saturated heterocycles. The lowest BCUT2D eigenvalue weighted by molar-refractivity contribution is -0.136.